The molecule has 0 aliphatic rings. The van der Waals surface area contributed by atoms with Crippen LogP contribution in [0.25, 0.3) is 0 Å². The van der Waals surface area contributed by atoms with Crippen molar-refractivity contribution in [2.75, 3.05) is 39.6 Å². The minimum Gasteiger partial charge on any atom is -0.463 e. The third-order valence-electron chi connectivity index (χ3n) is 18.0. The molecule has 105 heavy (non-hydrogen) atoms. The third-order valence-corrected chi connectivity index (χ3v) is 19.9. The van der Waals surface area contributed by atoms with Gasteiger partial charge in [-0.2, -0.15) is 0 Å². The number of allylic oxidation sites excluding steroid dienone is 18. The molecule has 0 heterocycles. The smallest absolute Gasteiger partial charge is 0.463 e. The lowest BCUT2D eigenvalue weighted by Crippen LogP contribution is -2.30. The predicted molar refractivity (Wildman–Crippen MR) is 436 cm³/mol. The van der Waals surface area contributed by atoms with Crippen LogP contribution >= 0.6 is 15.6 Å². The molecule has 0 saturated heterocycles. The maximum absolute atomic E-state index is 13.0. The summed E-state index contributed by atoms with van der Waals surface area (Å²) in [6.07, 6.45) is 94.3. The summed E-state index contributed by atoms with van der Waals surface area (Å²) < 4.78 is 61.2. The zero-order valence-electron chi connectivity index (χ0n) is 66.6. The highest BCUT2D eigenvalue weighted by Crippen LogP contribution is 2.45. The van der Waals surface area contributed by atoms with Gasteiger partial charge in [0.1, 0.15) is 25.4 Å². The fourth-order valence-electron chi connectivity index (χ4n) is 11.6. The van der Waals surface area contributed by atoms with Crippen molar-refractivity contribution < 1.29 is 75.8 Å². The minimum atomic E-state index is -4.93. The van der Waals surface area contributed by atoms with E-state index in [4.69, 9.17) is 32.3 Å². The highest BCUT2D eigenvalue weighted by molar-refractivity contribution is 7.47. The SMILES string of the molecule is CC/C=C\C/C=C\C/C=C\C/C=C\C/C=C\C/C=C\CCCCCCCCCCCCCCCCCCC(=O)OCC(O)COP(=O)(O)OCC(O)COP(=O)(O)OCC(COC(=O)CCCCCCCC/C=C\C/C=C\C/C=C\CCCCC)OC(=O)CCCCCCCCCCCCCCCCC. The second-order valence-electron chi connectivity index (χ2n) is 28.3. The van der Waals surface area contributed by atoms with E-state index in [1.54, 1.807) is 0 Å². The second kappa shape index (κ2) is 79.8. The van der Waals surface area contributed by atoms with Gasteiger partial charge in [0.05, 0.1) is 26.4 Å². The Hall–Kier alpha value is -3.79. The summed E-state index contributed by atoms with van der Waals surface area (Å²) in [5, 5.41) is 20.7. The van der Waals surface area contributed by atoms with E-state index in [2.05, 4.69) is 130 Å². The number of hydrogen-bond acceptors (Lipinski definition) is 14. The van der Waals surface area contributed by atoms with Gasteiger partial charge in [0.15, 0.2) is 6.10 Å². The molecule has 4 N–H and O–H groups in total. The summed E-state index contributed by atoms with van der Waals surface area (Å²) in [6, 6.07) is 0. The largest absolute Gasteiger partial charge is 0.472 e. The van der Waals surface area contributed by atoms with Gasteiger partial charge in [0, 0.05) is 19.3 Å². The van der Waals surface area contributed by atoms with Crippen molar-refractivity contribution in [2.24, 2.45) is 0 Å². The van der Waals surface area contributed by atoms with Crippen LogP contribution in [0.2, 0.25) is 0 Å². The Morgan fingerprint density at radius 1 is 0.276 bits per heavy atom. The van der Waals surface area contributed by atoms with Gasteiger partial charge in [-0.1, -0.05) is 348 Å². The average Bonchev–Trinajstić information content (AvgIpc) is 0.942. The van der Waals surface area contributed by atoms with E-state index in [9.17, 15) is 43.5 Å². The van der Waals surface area contributed by atoms with Gasteiger partial charge in [-0.15, -0.1) is 0 Å². The molecule has 0 aromatic heterocycles. The fourth-order valence-corrected chi connectivity index (χ4v) is 13.2. The monoisotopic (exact) mass is 1520 g/mol. The van der Waals surface area contributed by atoms with E-state index in [1.807, 2.05) is 0 Å². The van der Waals surface area contributed by atoms with Crippen LogP contribution in [0.15, 0.2) is 109 Å². The summed E-state index contributed by atoms with van der Waals surface area (Å²) >= 11 is 0. The molecule has 0 radical (unpaired) electrons. The van der Waals surface area contributed by atoms with E-state index in [1.165, 1.54) is 167 Å². The van der Waals surface area contributed by atoms with Crippen LogP contribution in [0.4, 0.5) is 0 Å². The van der Waals surface area contributed by atoms with E-state index < -0.39 is 91.5 Å². The van der Waals surface area contributed by atoms with Gasteiger partial charge in [-0.3, -0.25) is 32.5 Å². The summed E-state index contributed by atoms with van der Waals surface area (Å²) in [7, 11) is -9.79. The second-order valence-corrected chi connectivity index (χ2v) is 31.2. The Kier molecular flexibility index (Phi) is 76.9. The summed E-state index contributed by atoms with van der Waals surface area (Å²) in [6.45, 7) is 2.58. The highest BCUT2D eigenvalue weighted by Gasteiger charge is 2.29. The highest BCUT2D eigenvalue weighted by atomic mass is 31.2. The van der Waals surface area contributed by atoms with E-state index >= 15 is 0 Å². The van der Waals surface area contributed by atoms with Crippen LogP contribution in [0.5, 0.6) is 0 Å². The number of carbonyl (C=O) groups excluding carboxylic acids is 3. The van der Waals surface area contributed by atoms with Gasteiger partial charge >= 0.3 is 33.6 Å². The van der Waals surface area contributed by atoms with Crippen molar-refractivity contribution >= 4 is 33.6 Å². The van der Waals surface area contributed by atoms with Crippen molar-refractivity contribution in [1.29, 1.82) is 0 Å². The van der Waals surface area contributed by atoms with Crippen molar-refractivity contribution in [1.82, 2.24) is 0 Å². The minimum absolute atomic E-state index is 0.106. The Bertz CT molecular complexity index is 2340. The molecule has 0 saturated carbocycles. The molecule has 5 unspecified atom stereocenters. The van der Waals surface area contributed by atoms with Crippen molar-refractivity contribution in [3.63, 3.8) is 0 Å². The van der Waals surface area contributed by atoms with Gasteiger partial charge in [0.2, 0.25) is 0 Å². The average molecular weight is 1520 g/mol. The van der Waals surface area contributed by atoms with E-state index in [-0.39, 0.29) is 19.3 Å². The van der Waals surface area contributed by atoms with Crippen LogP contribution in [0, 0.1) is 0 Å². The summed E-state index contributed by atoms with van der Waals surface area (Å²) in [4.78, 5) is 58.7. The van der Waals surface area contributed by atoms with Gasteiger partial charge in [-0.25, -0.2) is 9.13 Å². The van der Waals surface area contributed by atoms with E-state index in [0.717, 1.165) is 141 Å². The lowest BCUT2D eigenvalue weighted by atomic mass is 10.0. The van der Waals surface area contributed by atoms with Gasteiger partial charge in [0.25, 0.3) is 0 Å². The number of aliphatic hydroxyl groups excluding tert-OH is 2. The lowest BCUT2D eigenvalue weighted by Gasteiger charge is -2.21. The normalized spacial score (nSPS) is 14.5. The first-order valence-electron chi connectivity index (χ1n) is 42.2. The Morgan fingerprint density at radius 3 is 0.819 bits per heavy atom. The maximum atomic E-state index is 13.0. The Balaban J connectivity index is 4.40. The van der Waals surface area contributed by atoms with Crippen molar-refractivity contribution in [3.8, 4) is 0 Å². The molecule has 16 nitrogen and oxygen atoms in total. The van der Waals surface area contributed by atoms with Crippen molar-refractivity contribution in [2.45, 2.75) is 386 Å². The molecule has 0 spiro atoms. The molecule has 0 aliphatic heterocycles. The van der Waals surface area contributed by atoms with Gasteiger partial charge in [-0.05, 0) is 109 Å². The maximum Gasteiger partial charge on any atom is 0.472 e. The zero-order valence-corrected chi connectivity index (χ0v) is 68.4. The van der Waals surface area contributed by atoms with Crippen LogP contribution < -0.4 is 0 Å². The molecule has 0 bridgehead atoms. The molecule has 0 aromatic rings. The number of carbonyl (C=O) groups is 3. The molecule has 608 valence electrons. The standard InChI is InChI=1S/C87H154O16P2/c1-4-7-10-13-16-19-22-25-28-30-32-33-34-35-36-37-38-39-40-41-42-43-44-45-46-47-49-51-53-55-58-61-64-67-70-73-85(90)97-76-82(88)77-99-104(93,94)100-78-83(89)79-101-105(95,96)102-81-84(103-87(92)75-72-69-66-63-60-57-52-27-24-21-18-15-12-9-6-3)80-98-86(91)74-71-68-65-62-59-56-54-50-48-31-29-26-23-20-17-14-11-8-5-2/h7,10,16-17,19-20,25-26,28-29,32-33,35-36,38-39,48,50,82-84,88-89H,4-6,8-9,11-15,18,21-24,27,30-31,34,37,40-47,49,51-81H2,1-3H3,(H,93,94)(H,95,96)/b10-7-,19-16-,20-17-,28-25-,29-26-,33-32-,36-35-,39-38-,50-48-. The van der Waals surface area contributed by atoms with Crippen LogP contribution in [0.1, 0.15) is 367 Å². The number of phosphoric acid groups is 2. The van der Waals surface area contributed by atoms with Crippen LogP contribution in [0.3, 0.4) is 0 Å². The first-order chi connectivity index (χ1) is 51.2. The third kappa shape index (κ3) is 81.0. The first-order valence-corrected chi connectivity index (χ1v) is 45.2. The Morgan fingerprint density at radius 2 is 0.505 bits per heavy atom. The molecule has 18 heteroatoms. The molecule has 0 amide bonds. The predicted octanol–water partition coefficient (Wildman–Crippen LogP) is 25.1. The number of phosphoric ester groups is 2. The summed E-state index contributed by atoms with van der Waals surface area (Å²) in [5.41, 5.74) is 0. The molecular formula is C87H154O16P2. The first kappa shape index (κ1) is 101. The number of rotatable bonds is 80. The quantitative estimate of drug-likeness (QED) is 0.0146. The molecule has 0 aliphatic carbocycles. The van der Waals surface area contributed by atoms with Crippen LogP contribution in [-0.4, -0.2) is 95.9 Å². The number of esters is 3. The zero-order chi connectivity index (χ0) is 76.6. The topological polar surface area (TPSA) is 231 Å². The van der Waals surface area contributed by atoms with Crippen LogP contribution in [-0.2, 0) is 55.8 Å². The number of hydrogen-bond donors (Lipinski definition) is 4. The van der Waals surface area contributed by atoms with Crippen molar-refractivity contribution in [3.05, 3.63) is 109 Å². The molecule has 0 fully saturated rings. The fraction of sp³-hybridized carbons (Fsp3) is 0.759. The molecule has 5 atom stereocenters. The number of aliphatic hydroxyl groups is 2. The van der Waals surface area contributed by atoms with E-state index in [0.29, 0.717) is 19.3 Å². The summed E-state index contributed by atoms with van der Waals surface area (Å²) in [5.74, 6) is -1.57. The number of unbranched alkanes of at least 4 members (excludes halogenated alkanes) is 39. The Labute approximate surface area is 640 Å². The molecular weight excluding hydrogens is 1360 g/mol. The number of ether oxygens (including phenoxy) is 3. The lowest BCUT2D eigenvalue weighted by molar-refractivity contribution is -0.161. The molecule has 0 rings (SSSR count). The van der Waals surface area contributed by atoms with Gasteiger partial charge < -0.3 is 34.2 Å². The molecule has 0 aromatic carbocycles.